The fourth-order valence-electron chi connectivity index (χ4n) is 5.40. The minimum Gasteiger partial charge on any atom is -0.379 e. The number of nitrogens with zero attached hydrogens (tertiary/aromatic N) is 2. The monoisotopic (exact) mass is 540 g/mol. The molecule has 0 aromatic heterocycles. The summed E-state index contributed by atoms with van der Waals surface area (Å²) in [6, 6.07) is 0.226. The number of sulfonamides is 1. The molecule has 3 aliphatic heterocycles. The molecule has 9 nitrogen and oxygen atoms in total. The first-order chi connectivity index (χ1) is 16.5. The predicted molar refractivity (Wildman–Crippen MR) is 122 cm³/mol. The Morgan fingerprint density at radius 3 is 2.23 bits per heavy atom. The molecule has 3 saturated heterocycles. The fraction of sp³-hybridized carbons (Fsp3) is 0.714. The Balaban J connectivity index is 1.34. The molecule has 0 saturated carbocycles. The highest BCUT2D eigenvalue weighted by Crippen LogP contribution is 2.42. The third-order valence-corrected chi connectivity index (χ3v) is 10.7. The largest absolute Gasteiger partial charge is 0.379 e. The van der Waals surface area contributed by atoms with Gasteiger partial charge in [-0.15, -0.1) is 0 Å². The van der Waals surface area contributed by atoms with Crippen LogP contribution in [0.4, 0.5) is 13.2 Å². The first-order valence-corrected chi connectivity index (χ1v) is 14.8. The average molecular weight is 541 g/mol. The first-order valence-electron chi connectivity index (χ1n) is 11.7. The molecular weight excluding hydrogens is 509 g/mol. The number of nitrogens with one attached hydrogen (secondary N) is 1. The molecular formula is C21H31F3N4O5S2. The van der Waals surface area contributed by atoms with Crippen LogP contribution in [-0.2, 0) is 31.4 Å². The molecule has 3 aliphatic rings. The maximum absolute atomic E-state index is 14.1. The number of morpholine rings is 1. The highest BCUT2D eigenvalue weighted by molar-refractivity contribution is 7.89. The van der Waals surface area contributed by atoms with Gasteiger partial charge in [-0.05, 0) is 49.7 Å². The van der Waals surface area contributed by atoms with Gasteiger partial charge < -0.3 is 10.5 Å². The van der Waals surface area contributed by atoms with Gasteiger partial charge in [0.25, 0.3) is 10.2 Å². The Labute approximate surface area is 204 Å². The van der Waals surface area contributed by atoms with Crippen LogP contribution in [0.15, 0.2) is 12.1 Å². The van der Waals surface area contributed by atoms with Crippen molar-refractivity contribution in [3.8, 4) is 0 Å². The molecule has 1 aromatic rings. The minimum atomic E-state index is -3.78. The van der Waals surface area contributed by atoms with E-state index < -0.39 is 43.7 Å². The Kier molecular flexibility index (Phi) is 8.10. The van der Waals surface area contributed by atoms with E-state index in [1.807, 2.05) is 0 Å². The Morgan fingerprint density at radius 1 is 1.00 bits per heavy atom. The van der Waals surface area contributed by atoms with E-state index in [2.05, 4.69) is 4.72 Å². The Bertz CT molecular complexity index is 1120. The van der Waals surface area contributed by atoms with Crippen molar-refractivity contribution in [1.82, 2.24) is 13.3 Å². The van der Waals surface area contributed by atoms with Crippen molar-refractivity contribution in [2.45, 2.75) is 50.2 Å². The highest BCUT2D eigenvalue weighted by Gasteiger charge is 2.47. The van der Waals surface area contributed by atoms with Crippen molar-refractivity contribution in [3.63, 3.8) is 0 Å². The van der Waals surface area contributed by atoms with E-state index in [9.17, 15) is 30.0 Å². The summed E-state index contributed by atoms with van der Waals surface area (Å²) in [5, 5.41) is 0. The summed E-state index contributed by atoms with van der Waals surface area (Å²) in [7, 11) is -7.51. The van der Waals surface area contributed by atoms with Crippen molar-refractivity contribution in [2.24, 2.45) is 11.7 Å². The van der Waals surface area contributed by atoms with Gasteiger partial charge in [0.15, 0.2) is 11.6 Å². The Morgan fingerprint density at radius 2 is 1.60 bits per heavy atom. The third kappa shape index (κ3) is 6.00. The molecule has 198 valence electrons. The summed E-state index contributed by atoms with van der Waals surface area (Å²) >= 11 is 0. The number of hydrogen-bond donors (Lipinski definition) is 2. The van der Waals surface area contributed by atoms with Crippen LogP contribution in [-0.4, -0.2) is 82.2 Å². The number of nitrogens with two attached hydrogens (primary N) is 1. The van der Waals surface area contributed by atoms with Gasteiger partial charge >= 0.3 is 0 Å². The zero-order chi connectivity index (χ0) is 25.4. The normalized spacial score (nSPS) is 27.3. The second kappa shape index (κ2) is 10.6. The van der Waals surface area contributed by atoms with Crippen molar-refractivity contribution >= 4 is 20.2 Å². The van der Waals surface area contributed by atoms with Crippen LogP contribution < -0.4 is 10.5 Å². The standard InChI is InChI=1S/C21H31F3N4O5S2/c22-18-13-20(24)19(23)11-14(18)12-21(25)15-9-16-1-2-17(10-15)28(16)34(29,30)8-3-26-35(31,32)27-4-6-33-7-5-27/h11,13,15-17,21,26H,1-10,12,25H2/t15-,16-,17+,21?. The van der Waals surface area contributed by atoms with Crippen molar-refractivity contribution in [2.75, 3.05) is 38.6 Å². The lowest BCUT2D eigenvalue weighted by atomic mass is 9.83. The maximum Gasteiger partial charge on any atom is 0.279 e. The third-order valence-electron chi connectivity index (χ3n) is 7.13. The van der Waals surface area contributed by atoms with Gasteiger partial charge in [0, 0.05) is 43.8 Å². The summed E-state index contributed by atoms with van der Waals surface area (Å²) < 4.78 is 102. The van der Waals surface area contributed by atoms with E-state index in [0.717, 1.165) is 6.07 Å². The van der Waals surface area contributed by atoms with Crippen molar-refractivity contribution < 1.29 is 34.7 Å². The minimum absolute atomic E-state index is 0.00801. The maximum atomic E-state index is 14.1. The van der Waals surface area contributed by atoms with E-state index in [0.29, 0.717) is 45.0 Å². The van der Waals surface area contributed by atoms with Crippen LogP contribution in [0.1, 0.15) is 31.2 Å². The second-order valence-corrected chi connectivity index (χ2v) is 13.1. The van der Waals surface area contributed by atoms with E-state index in [1.54, 1.807) is 0 Å². The molecule has 0 radical (unpaired) electrons. The molecule has 1 aromatic carbocycles. The van der Waals surface area contributed by atoms with Gasteiger partial charge in [0.05, 0.1) is 19.0 Å². The highest BCUT2D eigenvalue weighted by atomic mass is 32.2. The molecule has 3 fully saturated rings. The number of hydrogen-bond acceptors (Lipinski definition) is 6. The van der Waals surface area contributed by atoms with Crippen molar-refractivity contribution in [3.05, 3.63) is 35.1 Å². The van der Waals surface area contributed by atoms with E-state index in [-0.39, 0.29) is 55.4 Å². The van der Waals surface area contributed by atoms with E-state index in [4.69, 9.17) is 10.5 Å². The fourth-order valence-corrected chi connectivity index (χ4v) is 8.57. The SMILES string of the molecule is NC(Cc1cc(F)c(F)cc1F)[C@@H]1C[C@H]2CC[C@@H](C1)N2S(=O)(=O)CCNS(=O)(=O)N1CCOCC1. The van der Waals surface area contributed by atoms with Crippen LogP contribution in [0.2, 0.25) is 0 Å². The quantitative estimate of drug-likeness (QED) is 0.445. The molecule has 0 aliphatic carbocycles. The van der Waals surface area contributed by atoms with Crippen molar-refractivity contribution in [1.29, 1.82) is 0 Å². The van der Waals surface area contributed by atoms with Gasteiger partial charge in [-0.1, -0.05) is 0 Å². The lowest BCUT2D eigenvalue weighted by Crippen LogP contribution is -2.52. The summed E-state index contributed by atoms with van der Waals surface area (Å²) in [6.07, 6.45) is 2.28. The lowest BCUT2D eigenvalue weighted by molar-refractivity contribution is 0.0725. The van der Waals surface area contributed by atoms with Gasteiger partial charge in [-0.3, -0.25) is 0 Å². The summed E-state index contributed by atoms with van der Waals surface area (Å²) in [4.78, 5) is 0. The van der Waals surface area contributed by atoms with Gasteiger partial charge in [-0.25, -0.2) is 26.3 Å². The number of piperidine rings is 1. The number of ether oxygens (including phenoxy) is 1. The lowest BCUT2D eigenvalue weighted by Gasteiger charge is -2.40. The number of rotatable bonds is 9. The molecule has 4 atom stereocenters. The molecule has 3 N–H and O–H groups in total. The average Bonchev–Trinajstić information content (AvgIpc) is 3.09. The zero-order valence-electron chi connectivity index (χ0n) is 19.2. The van der Waals surface area contributed by atoms with Crippen LogP contribution in [0.5, 0.6) is 0 Å². The topological polar surface area (TPSA) is 122 Å². The number of benzene rings is 1. The molecule has 3 heterocycles. The second-order valence-electron chi connectivity index (χ2n) is 9.40. The molecule has 0 spiro atoms. The number of halogens is 3. The smallest absolute Gasteiger partial charge is 0.279 e. The van der Waals surface area contributed by atoms with E-state index in [1.165, 1.54) is 8.61 Å². The van der Waals surface area contributed by atoms with Crippen LogP contribution >= 0.6 is 0 Å². The summed E-state index contributed by atoms with van der Waals surface area (Å²) in [5.74, 6) is -3.73. The molecule has 2 bridgehead atoms. The molecule has 14 heteroatoms. The molecule has 1 unspecified atom stereocenters. The summed E-state index contributed by atoms with van der Waals surface area (Å²) in [5.41, 5.74) is 6.29. The van der Waals surface area contributed by atoms with Gasteiger partial charge in [0.2, 0.25) is 10.0 Å². The number of fused-ring (bicyclic) bond motifs is 2. The first kappa shape index (κ1) is 26.8. The Hall–Kier alpha value is -1.29. The van der Waals surface area contributed by atoms with E-state index >= 15 is 0 Å². The molecule has 0 amide bonds. The molecule has 4 rings (SSSR count). The van der Waals surface area contributed by atoms with Gasteiger partial charge in [-0.2, -0.15) is 17.0 Å². The van der Waals surface area contributed by atoms with Crippen LogP contribution in [0, 0.1) is 23.4 Å². The predicted octanol–water partition coefficient (Wildman–Crippen LogP) is 0.713. The summed E-state index contributed by atoms with van der Waals surface area (Å²) in [6.45, 7) is 0.782. The zero-order valence-corrected chi connectivity index (χ0v) is 20.8. The van der Waals surface area contributed by atoms with Gasteiger partial charge in [0.1, 0.15) is 5.82 Å². The van der Waals surface area contributed by atoms with Crippen LogP contribution in [0.3, 0.4) is 0 Å². The molecule has 35 heavy (non-hydrogen) atoms. The van der Waals surface area contributed by atoms with Crippen LogP contribution in [0.25, 0.3) is 0 Å².